The predicted octanol–water partition coefficient (Wildman–Crippen LogP) is 3.79. The first kappa shape index (κ1) is 28.1. The van der Waals surface area contributed by atoms with Gasteiger partial charge in [0.25, 0.3) is 15.9 Å². The van der Waals surface area contributed by atoms with E-state index in [-0.39, 0.29) is 26.9 Å². The van der Waals surface area contributed by atoms with Crippen LogP contribution in [0.5, 0.6) is 5.88 Å². The van der Waals surface area contributed by atoms with Gasteiger partial charge in [0.1, 0.15) is 0 Å². The van der Waals surface area contributed by atoms with Gasteiger partial charge in [0.05, 0.1) is 29.6 Å². The van der Waals surface area contributed by atoms with Crippen molar-refractivity contribution in [3.63, 3.8) is 0 Å². The number of hydrogen-bond acceptors (Lipinski definition) is 7. The topological polar surface area (TPSA) is 135 Å². The van der Waals surface area contributed by atoms with Crippen molar-refractivity contribution < 1.29 is 26.4 Å². The van der Waals surface area contributed by atoms with Gasteiger partial charge in [0.2, 0.25) is 15.9 Å². The van der Waals surface area contributed by atoms with E-state index in [1.54, 1.807) is 39.8 Å². The van der Waals surface area contributed by atoms with Gasteiger partial charge in [-0.1, -0.05) is 32.0 Å². The highest BCUT2D eigenvalue weighted by Crippen LogP contribution is 2.29. The number of amides is 1. The van der Waals surface area contributed by atoms with Crippen molar-refractivity contribution in [1.82, 2.24) is 9.29 Å². The van der Waals surface area contributed by atoms with E-state index < -0.39 is 26.0 Å². The summed E-state index contributed by atoms with van der Waals surface area (Å²) in [6, 6.07) is 12.2. The molecule has 0 aliphatic carbocycles. The third-order valence-corrected chi connectivity index (χ3v) is 9.14. The monoisotopic (exact) mass is 546 g/mol. The van der Waals surface area contributed by atoms with Crippen molar-refractivity contribution in [1.29, 1.82) is 0 Å². The van der Waals surface area contributed by atoms with Gasteiger partial charge in [-0.3, -0.25) is 9.52 Å². The Morgan fingerprint density at radius 1 is 0.973 bits per heavy atom. The number of hydrogen-bond donors (Lipinski definition) is 2. The Kier molecular flexibility index (Phi) is 8.57. The molecular weight excluding hydrogens is 516 g/mol. The highest BCUT2D eigenvalue weighted by molar-refractivity contribution is 7.92. The van der Waals surface area contributed by atoms with Gasteiger partial charge in [-0.15, -0.1) is 0 Å². The Morgan fingerprint density at radius 2 is 1.57 bits per heavy atom. The highest BCUT2D eigenvalue weighted by atomic mass is 32.2. The molecule has 0 aliphatic rings. The number of benzene rings is 2. The van der Waals surface area contributed by atoms with E-state index in [1.165, 1.54) is 47.9 Å². The number of aromatic nitrogens is 1. The predicted molar refractivity (Wildman–Crippen MR) is 142 cm³/mol. The fraction of sp³-hybridized carbons (Fsp3) is 0.280. The molecule has 3 aromatic rings. The van der Waals surface area contributed by atoms with E-state index in [0.29, 0.717) is 18.8 Å². The second-order valence-electron chi connectivity index (χ2n) is 8.17. The molecule has 2 N–H and O–H groups in total. The van der Waals surface area contributed by atoms with Crippen LogP contribution in [0.15, 0.2) is 64.5 Å². The summed E-state index contributed by atoms with van der Waals surface area (Å²) in [7, 11) is -6.48. The Morgan fingerprint density at radius 3 is 2.11 bits per heavy atom. The van der Waals surface area contributed by atoms with Crippen LogP contribution in [0, 0.1) is 13.8 Å². The summed E-state index contributed by atoms with van der Waals surface area (Å²) in [6.45, 7) is 7.73. The van der Waals surface area contributed by atoms with Crippen LogP contribution in [0.2, 0.25) is 0 Å². The van der Waals surface area contributed by atoms with Crippen LogP contribution in [-0.2, 0) is 20.0 Å². The Bertz CT molecular complexity index is 1480. The zero-order valence-electron chi connectivity index (χ0n) is 21.3. The molecule has 0 saturated heterocycles. The number of carbonyl (C=O) groups excluding carboxylic acids is 1. The van der Waals surface area contributed by atoms with Crippen molar-refractivity contribution in [3.8, 4) is 5.88 Å². The summed E-state index contributed by atoms with van der Waals surface area (Å²) < 4.78 is 60.8. The van der Waals surface area contributed by atoms with Gasteiger partial charge in [-0.05, 0) is 55.3 Å². The average Bonchev–Trinajstić information content (AvgIpc) is 2.87. The van der Waals surface area contributed by atoms with E-state index in [9.17, 15) is 21.6 Å². The molecule has 0 spiro atoms. The van der Waals surface area contributed by atoms with Gasteiger partial charge < -0.3 is 10.1 Å². The van der Waals surface area contributed by atoms with Crippen molar-refractivity contribution in [2.45, 2.75) is 37.5 Å². The summed E-state index contributed by atoms with van der Waals surface area (Å²) in [4.78, 5) is 16.7. The molecule has 2 aromatic carbocycles. The lowest BCUT2D eigenvalue weighted by atomic mass is 10.1. The molecule has 0 atom stereocenters. The number of nitrogens with zero attached hydrogens (tertiary/aromatic N) is 2. The first-order valence-corrected chi connectivity index (χ1v) is 14.4. The number of ether oxygens (including phenoxy) is 1. The second-order valence-corrected chi connectivity index (χ2v) is 11.8. The largest absolute Gasteiger partial charge is 0.480 e. The fourth-order valence-corrected chi connectivity index (χ4v) is 6.51. The molecule has 0 saturated carbocycles. The summed E-state index contributed by atoms with van der Waals surface area (Å²) >= 11 is 0. The number of sulfonamides is 2. The van der Waals surface area contributed by atoms with Crippen LogP contribution < -0.4 is 14.8 Å². The molecule has 10 nitrogen and oxygen atoms in total. The number of pyridine rings is 1. The minimum Gasteiger partial charge on any atom is -0.480 e. The molecule has 3 rings (SSSR count). The lowest BCUT2D eigenvalue weighted by Crippen LogP contribution is -2.30. The summed E-state index contributed by atoms with van der Waals surface area (Å²) in [6.07, 6.45) is 1.27. The van der Waals surface area contributed by atoms with Crippen molar-refractivity contribution in [3.05, 3.63) is 71.4 Å². The summed E-state index contributed by atoms with van der Waals surface area (Å²) in [5.74, 6) is -0.701. The number of anilines is 2. The third-order valence-electron chi connectivity index (χ3n) is 5.74. The summed E-state index contributed by atoms with van der Waals surface area (Å²) in [5.41, 5.74) is 2.23. The highest BCUT2D eigenvalue weighted by Gasteiger charge is 2.24. The molecule has 37 heavy (non-hydrogen) atoms. The molecule has 1 aromatic heterocycles. The lowest BCUT2D eigenvalue weighted by Gasteiger charge is -2.18. The number of carbonyl (C=O) groups is 1. The van der Waals surface area contributed by atoms with Crippen LogP contribution in [0.4, 0.5) is 11.4 Å². The van der Waals surface area contributed by atoms with Crippen LogP contribution in [0.3, 0.4) is 0 Å². The Labute approximate surface area is 217 Å². The molecule has 0 radical (unpaired) electrons. The minimum atomic E-state index is -4.12. The number of methoxy groups -OCH3 is 1. The molecule has 198 valence electrons. The molecule has 0 unspecified atom stereocenters. The first-order chi connectivity index (χ1) is 17.4. The van der Waals surface area contributed by atoms with Gasteiger partial charge in [0.15, 0.2) is 4.90 Å². The van der Waals surface area contributed by atoms with Crippen LogP contribution in [-0.4, -0.2) is 52.2 Å². The fourth-order valence-electron chi connectivity index (χ4n) is 3.71. The minimum absolute atomic E-state index is 0.0739. The van der Waals surface area contributed by atoms with Crippen LogP contribution in [0.1, 0.15) is 35.3 Å². The molecular formula is C25H30N4O6S2. The van der Waals surface area contributed by atoms with Gasteiger partial charge in [-0.2, -0.15) is 4.31 Å². The smallest absolute Gasteiger partial charge is 0.267 e. The SMILES string of the molecule is CCN(CC)S(=O)(=O)c1ccc(C(=O)Nc2cnc(OC)c(S(=O)(=O)Nc3c(C)cccc3C)c2)cc1. The van der Waals surface area contributed by atoms with E-state index in [2.05, 4.69) is 15.0 Å². The maximum absolute atomic E-state index is 13.2. The lowest BCUT2D eigenvalue weighted by molar-refractivity contribution is 0.102. The van der Waals surface area contributed by atoms with Gasteiger partial charge in [-0.25, -0.2) is 21.8 Å². The van der Waals surface area contributed by atoms with Crippen LogP contribution in [0.25, 0.3) is 0 Å². The molecule has 0 bridgehead atoms. The maximum Gasteiger partial charge on any atom is 0.267 e. The first-order valence-electron chi connectivity index (χ1n) is 11.5. The van der Waals surface area contributed by atoms with Gasteiger partial charge >= 0.3 is 0 Å². The second kappa shape index (κ2) is 11.3. The Hall–Kier alpha value is -3.48. The Balaban J connectivity index is 1.87. The van der Waals surface area contributed by atoms with Gasteiger partial charge in [0, 0.05) is 18.7 Å². The van der Waals surface area contributed by atoms with E-state index in [0.717, 1.165) is 11.1 Å². The number of nitrogens with one attached hydrogen (secondary N) is 2. The number of rotatable bonds is 10. The normalized spacial score (nSPS) is 11.8. The van der Waals surface area contributed by atoms with Crippen LogP contribution >= 0.6 is 0 Å². The summed E-state index contributed by atoms with van der Waals surface area (Å²) in [5, 5.41) is 2.60. The zero-order chi connectivity index (χ0) is 27.4. The average molecular weight is 547 g/mol. The molecule has 0 aliphatic heterocycles. The maximum atomic E-state index is 13.2. The van der Waals surface area contributed by atoms with E-state index in [4.69, 9.17) is 4.74 Å². The third kappa shape index (κ3) is 6.09. The molecule has 0 fully saturated rings. The molecule has 12 heteroatoms. The quantitative estimate of drug-likeness (QED) is 0.395. The van der Waals surface area contributed by atoms with Crippen molar-refractivity contribution in [2.24, 2.45) is 0 Å². The number of para-hydroxylation sites is 1. The van der Waals surface area contributed by atoms with Crippen molar-refractivity contribution in [2.75, 3.05) is 30.2 Å². The standard InChI is InChI=1S/C25H30N4O6S2/c1-6-29(7-2)37(33,34)21-13-11-19(12-14-21)24(30)27-20-15-22(25(35-5)26-16-20)36(31,32)28-23-17(3)9-8-10-18(23)4/h8-16,28H,6-7H2,1-5H3,(H,27,30). The van der Waals surface area contributed by atoms with E-state index in [1.807, 2.05) is 6.07 Å². The molecule has 1 amide bonds. The van der Waals surface area contributed by atoms with E-state index >= 15 is 0 Å². The zero-order valence-corrected chi connectivity index (χ0v) is 22.9. The molecule has 1 heterocycles. The van der Waals surface area contributed by atoms with Crippen molar-refractivity contribution >= 4 is 37.3 Å². The number of aryl methyl sites for hydroxylation is 2.